The maximum absolute atomic E-state index is 12.9. The van der Waals surface area contributed by atoms with Crippen molar-refractivity contribution in [2.24, 2.45) is 10.8 Å². The van der Waals surface area contributed by atoms with Crippen LogP contribution >= 0.6 is 0 Å². The lowest BCUT2D eigenvalue weighted by Crippen LogP contribution is -2.38. The van der Waals surface area contributed by atoms with E-state index in [0.717, 1.165) is 24.3 Å². The van der Waals surface area contributed by atoms with Crippen LogP contribution in [0.1, 0.15) is 70.3 Å². The summed E-state index contributed by atoms with van der Waals surface area (Å²) in [4.78, 5) is 27.9. The first-order chi connectivity index (χ1) is 14.5. The van der Waals surface area contributed by atoms with Gasteiger partial charge in [0.1, 0.15) is 5.52 Å². The van der Waals surface area contributed by atoms with E-state index < -0.39 is 5.41 Å². The van der Waals surface area contributed by atoms with Crippen molar-refractivity contribution in [1.82, 2.24) is 19.9 Å². The third-order valence-corrected chi connectivity index (χ3v) is 6.28. The van der Waals surface area contributed by atoms with Gasteiger partial charge in [-0.05, 0) is 36.4 Å². The Morgan fingerprint density at radius 1 is 1.19 bits per heavy atom. The molecule has 1 aliphatic heterocycles. The van der Waals surface area contributed by atoms with Crippen LogP contribution < -0.4 is 0 Å². The molecule has 0 saturated carbocycles. The van der Waals surface area contributed by atoms with E-state index in [1.54, 1.807) is 12.4 Å². The molecule has 3 heterocycles. The number of aromatic amines is 1. The number of ketones is 1. The second kappa shape index (κ2) is 7.86. The van der Waals surface area contributed by atoms with Gasteiger partial charge in [-0.25, -0.2) is 9.97 Å². The van der Waals surface area contributed by atoms with Gasteiger partial charge in [0, 0.05) is 29.8 Å². The standard InChI is InChI=1S/C26H34N4O/c1-25(2,3)21-11-8-12-30(21)16-17-9-7-10-18(13-17)20-15-28-24-22(29-20)19(14-27-24)23(31)26(4,5)6/h7,9-10,13-15,21H,8,11-12,16H2,1-6H3,(H,27,28). The van der Waals surface area contributed by atoms with Crippen LogP contribution in [0.2, 0.25) is 0 Å². The molecule has 5 heteroatoms. The number of rotatable bonds is 4. The molecule has 164 valence electrons. The maximum atomic E-state index is 12.9. The molecule has 0 radical (unpaired) electrons. The number of nitrogens with zero attached hydrogens (tertiary/aromatic N) is 3. The number of nitrogens with one attached hydrogen (secondary N) is 1. The molecule has 1 fully saturated rings. The fraction of sp³-hybridized carbons (Fsp3) is 0.500. The van der Waals surface area contributed by atoms with E-state index in [1.165, 1.54) is 18.4 Å². The molecule has 1 saturated heterocycles. The summed E-state index contributed by atoms with van der Waals surface area (Å²) in [6.45, 7) is 14.9. The van der Waals surface area contributed by atoms with Crippen LogP contribution in [0.3, 0.4) is 0 Å². The molecule has 0 spiro atoms. The highest BCUT2D eigenvalue weighted by Crippen LogP contribution is 2.34. The quantitative estimate of drug-likeness (QED) is 0.539. The average Bonchev–Trinajstić information content (AvgIpc) is 3.33. The molecule has 1 aliphatic rings. The number of H-pyrrole nitrogens is 1. The lowest BCUT2D eigenvalue weighted by Gasteiger charge is -2.35. The zero-order valence-corrected chi connectivity index (χ0v) is 19.6. The number of likely N-dealkylation sites (tertiary alicyclic amines) is 1. The van der Waals surface area contributed by atoms with Crippen molar-refractivity contribution in [3.63, 3.8) is 0 Å². The van der Waals surface area contributed by atoms with Gasteiger partial charge in [0.25, 0.3) is 0 Å². The van der Waals surface area contributed by atoms with E-state index in [2.05, 4.69) is 59.9 Å². The number of fused-ring (bicyclic) bond motifs is 1. The number of aromatic nitrogens is 3. The highest BCUT2D eigenvalue weighted by molar-refractivity contribution is 6.08. The lowest BCUT2D eigenvalue weighted by atomic mass is 9.85. The van der Waals surface area contributed by atoms with Crippen molar-refractivity contribution < 1.29 is 4.79 Å². The van der Waals surface area contributed by atoms with E-state index in [4.69, 9.17) is 4.98 Å². The molecule has 5 nitrogen and oxygen atoms in total. The van der Waals surface area contributed by atoms with Crippen molar-refractivity contribution in [1.29, 1.82) is 0 Å². The monoisotopic (exact) mass is 418 g/mol. The number of carbonyl (C=O) groups is 1. The van der Waals surface area contributed by atoms with Crippen molar-refractivity contribution in [3.05, 3.63) is 47.8 Å². The first kappa shape index (κ1) is 21.7. The summed E-state index contributed by atoms with van der Waals surface area (Å²) < 4.78 is 0. The van der Waals surface area contributed by atoms with Gasteiger partial charge in [0.2, 0.25) is 0 Å². The highest BCUT2D eigenvalue weighted by atomic mass is 16.1. The van der Waals surface area contributed by atoms with Crippen molar-refractivity contribution in [2.75, 3.05) is 6.54 Å². The summed E-state index contributed by atoms with van der Waals surface area (Å²) >= 11 is 0. The first-order valence-electron chi connectivity index (χ1n) is 11.3. The minimum Gasteiger partial charge on any atom is -0.344 e. The molecule has 3 aromatic rings. The zero-order chi connectivity index (χ0) is 22.4. The van der Waals surface area contributed by atoms with Gasteiger partial charge in [-0.1, -0.05) is 59.7 Å². The molecule has 4 rings (SSSR count). The van der Waals surface area contributed by atoms with Gasteiger partial charge in [-0.15, -0.1) is 0 Å². The largest absolute Gasteiger partial charge is 0.344 e. The number of carbonyl (C=O) groups excluding carboxylic acids is 1. The fourth-order valence-electron chi connectivity index (χ4n) is 4.67. The van der Waals surface area contributed by atoms with Crippen LogP contribution in [0, 0.1) is 10.8 Å². The summed E-state index contributed by atoms with van der Waals surface area (Å²) in [5.41, 5.74) is 4.85. The predicted octanol–water partition coefficient (Wildman–Crippen LogP) is 5.86. The molecule has 0 aliphatic carbocycles. The number of benzene rings is 1. The van der Waals surface area contributed by atoms with Gasteiger partial charge >= 0.3 is 0 Å². The third kappa shape index (κ3) is 4.42. The normalized spacial score (nSPS) is 18.1. The van der Waals surface area contributed by atoms with Crippen LogP contribution in [0.15, 0.2) is 36.7 Å². The van der Waals surface area contributed by atoms with E-state index in [9.17, 15) is 4.79 Å². The highest BCUT2D eigenvalue weighted by Gasteiger charge is 2.33. The minimum atomic E-state index is -0.466. The van der Waals surface area contributed by atoms with Crippen molar-refractivity contribution in [3.8, 4) is 11.3 Å². The van der Waals surface area contributed by atoms with Gasteiger partial charge in [0.15, 0.2) is 11.4 Å². The molecule has 2 aromatic heterocycles. The summed E-state index contributed by atoms with van der Waals surface area (Å²) in [7, 11) is 0. The Hall–Kier alpha value is -2.53. The summed E-state index contributed by atoms with van der Waals surface area (Å²) in [6.07, 6.45) is 6.06. The van der Waals surface area contributed by atoms with Crippen LogP contribution in [0.5, 0.6) is 0 Å². The molecule has 31 heavy (non-hydrogen) atoms. The van der Waals surface area contributed by atoms with Gasteiger partial charge in [0.05, 0.1) is 17.5 Å². The molecule has 1 unspecified atom stereocenters. The zero-order valence-electron chi connectivity index (χ0n) is 19.6. The van der Waals surface area contributed by atoms with Crippen LogP contribution in [-0.2, 0) is 6.54 Å². The second-order valence-corrected chi connectivity index (χ2v) is 10.9. The number of hydrogen-bond donors (Lipinski definition) is 1. The van der Waals surface area contributed by atoms with Gasteiger partial charge in [-0.2, -0.15) is 0 Å². The molecule has 1 atom stereocenters. The van der Waals surface area contributed by atoms with Gasteiger partial charge in [-0.3, -0.25) is 9.69 Å². The van der Waals surface area contributed by atoms with E-state index in [-0.39, 0.29) is 11.2 Å². The van der Waals surface area contributed by atoms with E-state index in [0.29, 0.717) is 22.8 Å². The topological polar surface area (TPSA) is 61.9 Å². The molecule has 0 bridgehead atoms. The molecule has 1 N–H and O–H groups in total. The van der Waals surface area contributed by atoms with Crippen molar-refractivity contribution in [2.45, 2.75) is 67.0 Å². The summed E-state index contributed by atoms with van der Waals surface area (Å²) in [5.74, 6) is 0.0706. The predicted molar refractivity (Wildman–Crippen MR) is 126 cm³/mol. The fourth-order valence-corrected chi connectivity index (χ4v) is 4.67. The Labute approximate surface area is 185 Å². The summed E-state index contributed by atoms with van der Waals surface area (Å²) in [5, 5.41) is 0. The second-order valence-electron chi connectivity index (χ2n) is 10.9. The van der Waals surface area contributed by atoms with E-state index >= 15 is 0 Å². The molecular formula is C26H34N4O. The number of hydrogen-bond acceptors (Lipinski definition) is 4. The molecular weight excluding hydrogens is 384 g/mol. The minimum absolute atomic E-state index is 0.0706. The lowest BCUT2D eigenvalue weighted by molar-refractivity contribution is 0.0860. The van der Waals surface area contributed by atoms with E-state index in [1.807, 2.05) is 20.8 Å². The first-order valence-corrected chi connectivity index (χ1v) is 11.3. The van der Waals surface area contributed by atoms with Crippen molar-refractivity contribution >= 4 is 16.9 Å². The van der Waals surface area contributed by atoms with Crippen LogP contribution in [0.25, 0.3) is 22.4 Å². The Bertz CT molecular complexity index is 1100. The summed E-state index contributed by atoms with van der Waals surface area (Å²) in [6, 6.07) is 9.18. The smallest absolute Gasteiger partial charge is 0.171 e. The Balaban J connectivity index is 1.64. The average molecular weight is 419 g/mol. The molecule has 0 amide bonds. The third-order valence-electron chi connectivity index (χ3n) is 6.28. The Morgan fingerprint density at radius 3 is 2.68 bits per heavy atom. The van der Waals surface area contributed by atoms with Gasteiger partial charge < -0.3 is 4.98 Å². The number of Topliss-reactive ketones (excluding diaryl/α,β-unsaturated/α-hetero) is 1. The SMILES string of the molecule is CC(C)(C)C(=O)c1c[nH]c2ncc(-c3cccc(CN4CCCC4C(C)(C)C)c3)nc12. The maximum Gasteiger partial charge on any atom is 0.171 e. The molecule has 1 aromatic carbocycles. The van der Waals surface area contributed by atoms with Crippen LogP contribution in [-0.4, -0.2) is 38.2 Å². The Kier molecular flexibility index (Phi) is 5.50. The Morgan fingerprint density at radius 2 is 1.97 bits per heavy atom. The van der Waals surface area contributed by atoms with Crippen LogP contribution in [0.4, 0.5) is 0 Å².